The Hall–Kier alpha value is -3.62. The smallest absolute Gasteiger partial charge is 0.227 e. The number of halogens is 2. The number of aromatic amines is 1. The van der Waals surface area contributed by atoms with Crippen LogP contribution in [0.2, 0.25) is 10.0 Å². The molecule has 0 aliphatic carbocycles. The van der Waals surface area contributed by atoms with Crippen LogP contribution in [0.5, 0.6) is 23.0 Å². The maximum absolute atomic E-state index is 12.2. The summed E-state index contributed by atoms with van der Waals surface area (Å²) in [7, 11) is 1.40. The second kappa shape index (κ2) is 8.14. The minimum Gasteiger partial charge on any atom is -0.506 e. The number of aryl methyl sites for hydroxylation is 1. The van der Waals surface area contributed by atoms with E-state index in [9.17, 15) is 20.1 Å². The number of H-pyrrole nitrogens is 1. The number of nitrogens with one attached hydrogen (secondary N) is 1. The zero-order valence-corrected chi connectivity index (χ0v) is 18.2. The maximum Gasteiger partial charge on any atom is 0.227 e. The first-order valence-electron chi connectivity index (χ1n) is 9.19. The molecule has 0 saturated heterocycles. The number of phenols is 2. The SMILES string of the molecule is COc1cc(-c2nc(-c3cc(Cl)cc(Cl)c3O)[nH]c2-c2oc(C)cc(=O)c2O)ccc1O. The van der Waals surface area contributed by atoms with Crippen LogP contribution >= 0.6 is 23.2 Å². The van der Waals surface area contributed by atoms with Crippen molar-refractivity contribution in [2.45, 2.75) is 6.92 Å². The quantitative estimate of drug-likeness (QED) is 0.323. The largest absolute Gasteiger partial charge is 0.506 e. The molecule has 0 spiro atoms. The Morgan fingerprint density at radius 2 is 1.81 bits per heavy atom. The first kappa shape index (κ1) is 21.6. The highest BCUT2D eigenvalue weighted by Gasteiger charge is 2.24. The van der Waals surface area contributed by atoms with Crippen molar-refractivity contribution in [3.8, 4) is 57.1 Å². The second-order valence-corrected chi connectivity index (χ2v) is 7.72. The Morgan fingerprint density at radius 3 is 2.53 bits per heavy atom. The summed E-state index contributed by atoms with van der Waals surface area (Å²) in [5, 5.41) is 31.1. The average Bonchev–Trinajstić information content (AvgIpc) is 3.18. The van der Waals surface area contributed by atoms with Crippen molar-refractivity contribution in [3.05, 3.63) is 62.4 Å². The van der Waals surface area contributed by atoms with Crippen molar-refractivity contribution in [1.29, 1.82) is 0 Å². The van der Waals surface area contributed by atoms with Gasteiger partial charge in [-0.15, -0.1) is 0 Å². The summed E-state index contributed by atoms with van der Waals surface area (Å²) in [6, 6.07) is 8.49. The lowest BCUT2D eigenvalue weighted by Crippen LogP contribution is -2.01. The first-order chi connectivity index (χ1) is 15.2. The van der Waals surface area contributed by atoms with Crippen LogP contribution in [-0.2, 0) is 0 Å². The fourth-order valence-electron chi connectivity index (χ4n) is 3.22. The number of rotatable bonds is 4. The molecule has 0 saturated carbocycles. The third-order valence-electron chi connectivity index (χ3n) is 4.71. The van der Waals surface area contributed by atoms with E-state index in [0.717, 1.165) is 6.07 Å². The van der Waals surface area contributed by atoms with Gasteiger partial charge in [-0.05, 0) is 37.3 Å². The van der Waals surface area contributed by atoms with Gasteiger partial charge in [-0.1, -0.05) is 23.2 Å². The minimum atomic E-state index is -0.636. The molecule has 164 valence electrons. The molecule has 32 heavy (non-hydrogen) atoms. The van der Waals surface area contributed by atoms with Gasteiger partial charge in [-0.2, -0.15) is 0 Å². The van der Waals surface area contributed by atoms with Crippen molar-refractivity contribution in [3.63, 3.8) is 0 Å². The number of hydrogen-bond donors (Lipinski definition) is 4. The predicted molar refractivity (Wildman–Crippen MR) is 120 cm³/mol. The zero-order valence-electron chi connectivity index (χ0n) is 16.7. The minimum absolute atomic E-state index is 0.0169. The zero-order chi connectivity index (χ0) is 23.2. The van der Waals surface area contributed by atoms with Gasteiger partial charge >= 0.3 is 0 Å². The van der Waals surface area contributed by atoms with Crippen LogP contribution < -0.4 is 10.2 Å². The Morgan fingerprint density at radius 1 is 1.06 bits per heavy atom. The van der Waals surface area contributed by atoms with Crippen molar-refractivity contribution in [2.24, 2.45) is 0 Å². The van der Waals surface area contributed by atoms with Gasteiger partial charge in [0.05, 0.1) is 17.7 Å². The van der Waals surface area contributed by atoms with Crippen LogP contribution in [0, 0.1) is 6.92 Å². The number of methoxy groups -OCH3 is 1. The van der Waals surface area contributed by atoms with Crippen molar-refractivity contribution >= 4 is 23.2 Å². The molecule has 2 heterocycles. The van der Waals surface area contributed by atoms with E-state index >= 15 is 0 Å². The molecule has 0 aliphatic heterocycles. The molecule has 0 aliphatic rings. The van der Waals surface area contributed by atoms with Gasteiger partial charge in [0.25, 0.3) is 0 Å². The number of benzene rings is 2. The molecule has 0 amide bonds. The Kier molecular flexibility index (Phi) is 5.50. The molecular formula is C22H16Cl2N2O6. The van der Waals surface area contributed by atoms with Crippen LogP contribution in [0.15, 0.2) is 45.6 Å². The lowest BCUT2D eigenvalue weighted by Gasteiger charge is -2.08. The molecule has 4 rings (SSSR count). The van der Waals surface area contributed by atoms with Crippen molar-refractivity contribution < 1.29 is 24.5 Å². The maximum atomic E-state index is 12.2. The Labute approximate surface area is 191 Å². The summed E-state index contributed by atoms with van der Waals surface area (Å²) >= 11 is 12.1. The molecule has 0 bridgehead atoms. The van der Waals surface area contributed by atoms with Gasteiger partial charge < -0.3 is 29.5 Å². The number of aromatic nitrogens is 2. The van der Waals surface area contributed by atoms with Gasteiger partial charge in [-0.3, -0.25) is 4.79 Å². The van der Waals surface area contributed by atoms with Gasteiger partial charge in [0.15, 0.2) is 17.3 Å². The van der Waals surface area contributed by atoms with E-state index in [-0.39, 0.29) is 61.6 Å². The highest BCUT2D eigenvalue weighted by molar-refractivity contribution is 6.36. The van der Waals surface area contributed by atoms with Crippen LogP contribution in [-0.4, -0.2) is 32.4 Å². The average molecular weight is 475 g/mol. The van der Waals surface area contributed by atoms with Gasteiger partial charge in [0.2, 0.25) is 11.2 Å². The number of aromatic hydroxyl groups is 3. The molecule has 2 aromatic carbocycles. The lowest BCUT2D eigenvalue weighted by molar-refractivity contribution is 0.373. The number of nitrogens with zero attached hydrogens (tertiary/aromatic N) is 1. The van der Waals surface area contributed by atoms with E-state index in [4.69, 9.17) is 32.4 Å². The van der Waals surface area contributed by atoms with Crippen LogP contribution in [0.3, 0.4) is 0 Å². The summed E-state index contributed by atoms with van der Waals surface area (Å²) in [6.45, 7) is 1.56. The molecule has 10 heteroatoms. The van der Waals surface area contributed by atoms with Gasteiger partial charge in [0.1, 0.15) is 28.7 Å². The van der Waals surface area contributed by atoms with Crippen LogP contribution in [0.1, 0.15) is 5.76 Å². The second-order valence-electron chi connectivity index (χ2n) is 6.88. The normalized spacial score (nSPS) is 11.0. The summed E-state index contributed by atoms with van der Waals surface area (Å²) in [4.78, 5) is 19.7. The van der Waals surface area contributed by atoms with E-state index in [1.807, 2.05) is 0 Å². The summed E-state index contributed by atoms with van der Waals surface area (Å²) in [6.07, 6.45) is 0. The predicted octanol–water partition coefficient (Wildman–Crippen LogP) is 5.10. The van der Waals surface area contributed by atoms with E-state index in [2.05, 4.69) is 9.97 Å². The molecule has 2 aromatic heterocycles. The topological polar surface area (TPSA) is 129 Å². The fourth-order valence-corrected chi connectivity index (χ4v) is 3.71. The van der Waals surface area contributed by atoms with Crippen LogP contribution in [0.25, 0.3) is 34.1 Å². The van der Waals surface area contributed by atoms with E-state index in [1.54, 1.807) is 13.0 Å². The van der Waals surface area contributed by atoms with Gasteiger partial charge in [0, 0.05) is 16.7 Å². The van der Waals surface area contributed by atoms with Gasteiger partial charge in [-0.25, -0.2) is 4.98 Å². The molecule has 0 unspecified atom stereocenters. The molecule has 4 N–H and O–H groups in total. The number of imidazole rings is 1. The molecular weight excluding hydrogens is 459 g/mol. The fraction of sp³-hybridized carbons (Fsp3) is 0.0909. The monoisotopic (exact) mass is 474 g/mol. The highest BCUT2D eigenvalue weighted by Crippen LogP contribution is 2.42. The Bertz CT molecular complexity index is 1410. The van der Waals surface area contributed by atoms with Crippen molar-refractivity contribution in [2.75, 3.05) is 7.11 Å². The number of ether oxygens (including phenoxy) is 1. The van der Waals surface area contributed by atoms with E-state index in [1.165, 1.54) is 31.4 Å². The molecule has 0 atom stereocenters. The first-order valence-corrected chi connectivity index (χ1v) is 9.95. The number of hydrogen-bond acceptors (Lipinski definition) is 7. The summed E-state index contributed by atoms with van der Waals surface area (Å²) < 4.78 is 10.8. The third kappa shape index (κ3) is 3.74. The molecule has 4 aromatic rings. The molecule has 8 nitrogen and oxygen atoms in total. The summed E-state index contributed by atoms with van der Waals surface area (Å²) in [5.41, 5.74) is 0.422. The standard InChI is InChI=1S/C22H16Cl2N2O6/c1-9-5-15(28)20(30)21(32-9)18-17(10-3-4-14(27)16(6-10)31-2)25-22(26-18)12-7-11(23)8-13(24)19(12)29/h3-8,27,29-30H,1-2H3,(H,25,26). The van der Waals surface area contributed by atoms with E-state index < -0.39 is 11.2 Å². The highest BCUT2D eigenvalue weighted by atomic mass is 35.5. The Balaban J connectivity index is 2.04. The third-order valence-corrected chi connectivity index (χ3v) is 5.22. The lowest BCUT2D eigenvalue weighted by atomic mass is 10.1. The molecule has 0 fully saturated rings. The summed E-state index contributed by atoms with van der Waals surface area (Å²) in [5.74, 6) is -0.524. The molecule has 0 radical (unpaired) electrons. The number of phenolic OH excluding ortho intramolecular Hbond substituents is 2. The van der Waals surface area contributed by atoms with Crippen LogP contribution in [0.4, 0.5) is 0 Å². The van der Waals surface area contributed by atoms with Crippen molar-refractivity contribution in [1.82, 2.24) is 9.97 Å². The van der Waals surface area contributed by atoms with E-state index in [0.29, 0.717) is 5.56 Å².